The van der Waals surface area contributed by atoms with E-state index in [1.54, 1.807) is 24.1 Å². The van der Waals surface area contributed by atoms with Crippen LogP contribution in [0.3, 0.4) is 0 Å². The van der Waals surface area contributed by atoms with Crippen LogP contribution in [0.25, 0.3) is 0 Å². The fourth-order valence-electron chi connectivity index (χ4n) is 2.54. The molecule has 0 saturated carbocycles. The quantitative estimate of drug-likeness (QED) is 0.871. The van der Waals surface area contributed by atoms with E-state index < -0.39 is 0 Å². The van der Waals surface area contributed by atoms with E-state index in [4.69, 9.17) is 14.2 Å². The number of para-hydroxylation sites is 2. The molecule has 1 aliphatic heterocycles. The molecule has 0 spiro atoms. The number of hydrogen-bond acceptors (Lipinski definition) is 4. The van der Waals surface area contributed by atoms with Crippen LogP contribution >= 0.6 is 0 Å². The van der Waals surface area contributed by atoms with Crippen molar-refractivity contribution in [1.29, 1.82) is 0 Å². The summed E-state index contributed by atoms with van der Waals surface area (Å²) in [4.78, 5) is 14.3. The number of benzene rings is 2. The molecule has 5 heteroatoms. The van der Waals surface area contributed by atoms with E-state index in [2.05, 4.69) is 0 Å². The van der Waals surface area contributed by atoms with Gasteiger partial charge in [-0.25, -0.2) is 0 Å². The lowest BCUT2D eigenvalue weighted by molar-refractivity contribution is -0.121. The normalized spacial score (nSPS) is 16.3. The van der Waals surface area contributed by atoms with Gasteiger partial charge in [0.15, 0.2) is 6.61 Å². The van der Waals surface area contributed by atoms with Crippen molar-refractivity contribution in [3.63, 3.8) is 0 Å². The Morgan fingerprint density at radius 3 is 2.83 bits per heavy atom. The average molecular weight is 313 g/mol. The molecule has 0 aliphatic carbocycles. The first-order valence-electron chi connectivity index (χ1n) is 7.50. The van der Waals surface area contributed by atoms with Crippen LogP contribution in [0.1, 0.15) is 6.92 Å². The number of amides is 1. The number of rotatable bonds is 4. The molecule has 3 rings (SSSR count). The van der Waals surface area contributed by atoms with E-state index in [0.29, 0.717) is 18.0 Å². The van der Waals surface area contributed by atoms with Crippen LogP contribution in [0.2, 0.25) is 0 Å². The third-order valence-electron chi connectivity index (χ3n) is 3.63. The van der Waals surface area contributed by atoms with Crippen molar-refractivity contribution < 1.29 is 19.0 Å². The summed E-state index contributed by atoms with van der Waals surface area (Å²) in [7, 11) is 1.59. The van der Waals surface area contributed by atoms with Crippen molar-refractivity contribution >= 4 is 11.6 Å². The maximum atomic E-state index is 12.5. The molecule has 1 heterocycles. The van der Waals surface area contributed by atoms with Crippen molar-refractivity contribution in [3.8, 4) is 17.2 Å². The Morgan fingerprint density at radius 1 is 1.22 bits per heavy atom. The van der Waals surface area contributed by atoms with Gasteiger partial charge in [-0.2, -0.15) is 0 Å². The first-order valence-corrected chi connectivity index (χ1v) is 7.50. The minimum absolute atomic E-state index is 0.0335. The Labute approximate surface area is 135 Å². The molecule has 0 N–H and O–H groups in total. The summed E-state index contributed by atoms with van der Waals surface area (Å²) in [6.07, 6.45) is -0.0503. The van der Waals surface area contributed by atoms with Gasteiger partial charge in [0.25, 0.3) is 5.91 Å². The van der Waals surface area contributed by atoms with Gasteiger partial charge in [-0.15, -0.1) is 0 Å². The molecule has 1 unspecified atom stereocenters. The smallest absolute Gasteiger partial charge is 0.265 e. The highest BCUT2D eigenvalue weighted by Gasteiger charge is 2.27. The number of anilines is 1. The number of nitrogens with zero attached hydrogens (tertiary/aromatic N) is 1. The molecular formula is C18H19NO4. The van der Waals surface area contributed by atoms with Gasteiger partial charge in [0.2, 0.25) is 0 Å². The van der Waals surface area contributed by atoms with E-state index in [9.17, 15) is 4.79 Å². The number of carbonyl (C=O) groups excluding carboxylic acids is 1. The second kappa shape index (κ2) is 6.60. The summed E-state index contributed by atoms with van der Waals surface area (Å²) in [6.45, 7) is 2.42. The summed E-state index contributed by atoms with van der Waals surface area (Å²) in [5.41, 5.74) is 0.782. The van der Waals surface area contributed by atoms with Gasteiger partial charge in [0.1, 0.15) is 23.4 Å². The van der Waals surface area contributed by atoms with Crippen molar-refractivity contribution in [2.75, 3.05) is 25.2 Å². The zero-order chi connectivity index (χ0) is 16.2. The van der Waals surface area contributed by atoms with Gasteiger partial charge in [-0.1, -0.05) is 18.2 Å². The van der Waals surface area contributed by atoms with E-state index >= 15 is 0 Å². The molecule has 5 nitrogen and oxygen atoms in total. The molecule has 2 aromatic rings. The van der Waals surface area contributed by atoms with E-state index in [-0.39, 0.29) is 18.6 Å². The maximum absolute atomic E-state index is 12.5. The van der Waals surface area contributed by atoms with Gasteiger partial charge in [0.05, 0.1) is 19.3 Å². The Morgan fingerprint density at radius 2 is 2.00 bits per heavy atom. The van der Waals surface area contributed by atoms with Crippen LogP contribution in [0.15, 0.2) is 48.5 Å². The maximum Gasteiger partial charge on any atom is 0.265 e. The first-order chi connectivity index (χ1) is 11.2. The van der Waals surface area contributed by atoms with Crippen molar-refractivity contribution in [1.82, 2.24) is 0 Å². The number of hydrogen-bond donors (Lipinski definition) is 0. The third kappa shape index (κ3) is 3.39. The first kappa shape index (κ1) is 15.2. The molecule has 0 saturated heterocycles. The van der Waals surface area contributed by atoms with Crippen molar-refractivity contribution in [3.05, 3.63) is 48.5 Å². The molecule has 1 aliphatic rings. The lowest BCUT2D eigenvalue weighted by Crippen LogP contribution is -2.44. The van der Waals surface area contributed by atoms with Crippen LogP contribution in [0, 0.1) is 0 Å². The van der Waals surface area contributed by atoms with Gasteiger partial charge < -0.3 is 19.1 Å². The topological polar surface area (TPSA) is 48.0 Å². The van der Waals surface area contributed by atoms with Crippen LogP contribution < -0.4 is 19.1 Å². The minimum Gasteiger partial charge on any atom is -0.497 e. The summed E-state index contributed by atoms with van der Waals surface area (Å²) in [6, 6.07) is 14.7. The molecule has 0 aromatic heterocycles. The summed E-state index contributed by atoms with van der Waals surface area (Å²) in [5, 5.41) is 0. The SMILES string of the molecule is COc1cccc(OCC(=O)N2CC(C)Oc3ccccc32)c1. The van der Waals surface area contributed by atoms with Crippen LogP contribution in [-0.4, -0.2) is 32.3 Å². The molecule has 2 aromatic carbocycles. The summed E-state index contributed by atoms with van der Waals surface area (Å²) >= 11 is 0. The largest absolute Gasteiger partial charge is 0.497 e. The van der Waals surface area contributed by atoms with Gasteiger partial charge in [-0.3, -0.25) is 4.79 Å². The predicted molar refractivity (Wildman–Crippen MR) is 87.4 cm³/mol. The molecule has 23 heavy (non-hydrogen) atoms. The second-order valence-corrected chi connectivity index (χ2v) is 5.37. The fourth-order valence-corrected chi connectivity index (χ4v) is 2.54. The van der Waals surface area contributed by atoms with E-state index in [1.807, 2.05) is 43.3 Å². The van der Waals surface area contributed by atoms with E-state index in [1.165, 1.54) is 0 Å². The predicted octanol–water partition coefficient (Wildman–Crippen LogP) is 2.89. The van der Waals surface area contributed by atoms with Crippen LogP contribution in [0.5, 0.6) is 17.2 Å². The fraction of sp³-hybridized carbons (Fsp3) is 0.278. The van der Waals surface area contributed by atoms with E-state index in [0.717, 1.165) is 11.4 Å². The monoisotopic (exact) mass is 313 g/mol. The summed E-state index contributed by atoms with van der Waals surface area (Å²) < 4.78 is 16.5. The van der Waals surface area contributed by atoms with Crippen LogP contribution in [-0.2, 0) is 4.79 Å². The Hall–Kier alpha value is -2.69. The minimum atomic E-state index is -0.101. The lowest BCUT2D eigenvalue weighted by atomic mass is 10.2. The molecule has 0 radical (unpaired) electrons. The highest BCUT2D eigenvalue weighted by molar-refractivity contribution is 5.96. The summed E-state index contributed by atoms with van der Waals surface area (Å²) in [5.74, 6) is 1.92. The lowest BCUT2D eigenvalue weighted by Gasteiger charge is -2.33. The van der Waals surface area contributed by atoms with Crippen LogP contribution in [0.4, 0.5) is 5.69 Å². The highest BCUT2D eigenvalue weighted by Crippen LogP contribution is 2.33. The molecule has 120 valence electrons. The van der Waals surface area contributed by atoms with Gasteiger partial charge in [-0.05, 0) is 31.2 Å². The second-order valence-electron chi connectivity index (χ2n) is 5.37. The molecule has 1 atom stereocenters. The number of methoxy groups -OCH3 is 1. The zero-order valence-electron chi connectivity index (χ0n) is 13.2. The molecule has 1 amide bonds. The molecule has 0 bridgehead atoms. The third-order valence-corrected chi connectivity index (χ3v) is 3.63. The number of fused-ring (bicyclic) bond motifs is 1. The average Bonchev–Trinajstić information content (AvgIpc) is 2.59. The van der Waals surface area contributed by atoms with Crippen molar-refractivity contribution in [2.24, 2.45) is 0 Å². The van der Waals surface area contributed by atoms with Gasteiger partial charge >= 0.3 is 0 Å². The highest BCUT2D eigenvalue weighted by atomic mass is 16.5. The van der Waals surface area contributed by atoms with Gasteiger partial charge in [0, 0.05) is 6.07 Å². The Kier molecular flexibility index (Phi) is 4.37. The number of carbonyl (C=O) groups is 1. The standard InChI is InChI=1S/C18H19NO4/c1-13-11-19(16-8-3-4-9-17(16)23-13)18(20)12-22-15-7-5-6-14(10-15)21-2/h3-10,13H,11-12H2,1-2H3. The molecular weight excluding hydrogens is 294 g/mol. The molecule has 0 fully saturated rings. The Bertz CT molecular complexity index is 701. The number of ether oxygens (including phenoxy) is 3. The zero-order valence-corrected chi connectivity index (χ0v) is 13.2. The van der Waals surface area contributed by atoms with Crippen molar-refractivity contribution in [2.45, 2.75) is 13.0 Å². The Balaban J connectivity index is 1.71.